The Morgan fingerprint density at radius 2 is 1.50 bits per heavy atom. The first-order valence-electron chi connectivity index (χ1n) is 10.9. The summed E-state index contributed by atoms with van der Waals surface area (Å²) in [5.74, 6) is 1.52. The molecule has 0 aliphatic carbocycles. The summed E-state index contributed by atoms with van der Waals surface area (Å²) in [4.78, 5) is 0. The van der Waals surface area contributed by atoms with Gasteiger partial charge in [-0.25, -0.2) is 9.07 Å². The predicted molar refractivity (Wildman–Crippen MR) is 130 cm³/mol. The molecule has 34 heavy (non-hydrogen) atoms. The van der Waals surface area contributed by atoms with Crippen LogP contribution in [0.25, 0.3) is 16.9 Å². The average molecular weight is 462 g/mol. The smallest absolute Gasteiger partial charge is 0.203 e. The molecule has 0 aliphatic rings. The van der Waals surface area contributed by atoms with Gasteiger partial charge in [0.15, 0.2) is 11.5 Å². The topological polar surface area (TPSA) is 57.5 Å². The Labute approximate surface area is 198 Å². The molecule has 3 aromatic carbocycles. The average Bonchev–Trinajstić information content (AvgIpc) is 3.28. The first kappa shape index (κ1) is 23.3. The van der Waals surface area contributed by atoms with Crippen molar-refractivity contribution in [3.63, 3.8) is 0 Å². The lowest BCUT2D eigenvalue weighted by molar-refractivity contribution is 0.323. The highest BCUT2D eigenvalue weighted by molar-refractivity contribution is 5.63. The molecule has 4 rings (SSSR count). The number of methoxy groups -OCH3 is 3. The molecule has 0 fully saturated rings. The molecule has 0 aliphatic heterocycles. The van der Waals surface area contributed by atoms with Crippen molar-refractivity contribution in [1.82, 2.24) is 15.1 Å². The molecule has 176 valence electrons. The molecule has 0 unspecified atom stereocenters. The maximum Gasteiger partial charge on any atom is 0.203 e. The van der Waals surface area contributed by atoms with Crippen molar-refractivity contribution in [2.45, 2.75) is 20.0 Å². The molecular weight excluding hydrogens is 433 g/mol. The highest BCUT2D eigenvalue weighted by Crippen LogP contribution is 2.38. The minimum Gasteiger partial charge on any atom is -0.493 e. The summed E-state index contributed by atoms with van der Waals surface area (Å²) < 4.78 is 31.5. The molecular formula is C27H28FN3O3. The molecule has 0 radical (unpaired) electrons. The molecule has 0 spiro atoms. The quantitative estimate of drug-likeness (QED) is 0.366. The lowest BCUT2D eigenvalue weighted by atomic mass is 10.1. The van der Waals surface area contributed by atoms with Gasteiger partial charge in [0.05, 0.1) is 32.7 Å². The SMILES string of the molecule is COc1cc(CNCc2cn(-c3ccc(F)cc3)nc2-c2ccc(C)cc2)cc(OC)c1OC. The van der Waals surface area contributed by atoms with E-state index in [1.807, 2.05) is 18.3 Å². The molecule has 0 atom stereocenters. The number of aromatic nitrogens is 2. The number of hydrogen-bond acceptors (Lipinski definition) is 5. The van der Waals surface area contributed by atoms with Crippen LogP contribution < -0.4 is 19.5 Å². The van der Waals surface area contributed by atoms with E-state index in [4.69, 9.17) is 19.3 Å². The van der Waals surface area contributed by atoms with Crippen LogP contribution in [0.3, 0.4) is 0 Å². The second-order valence-electron chi connectivity index (χ2n) is 7.93. The molecule has 6 nitrogen and oxygen atoms in total. The van der Waals surface area contributed by atoms with Gasteiger partial charge in [0, 0.05) is 30.4 Å². The molecule has 0 saturated carbocycles. The Morgan fingerprint density at radius 1 is 0.853 bits per heavy atom. The van der Waals surface area contributed by atoms with Gasteiger partial charge in [-0.2, -0.15) is 5.10 Å². The van der Waals surface area contributed by atoms with Gasteiger partial charge in [-0.15, -0.1) is 0 Å². The number of ether oxygens (including phenoxy) is 3. The molecule has 1 aromatic heterocycles. The molecule has 4 aromatic rings. The molecule has 7 heteroatoms. The Morgan fingerprint density at radius 3 is 2.09 bits per heavy atom. The summed E-state index contributed by atoms with van der Waals surface area (Å²) >= 11 is 0. The van der Waals surface area contributed by atoms with E-state index in [0.717, 1.165) is 28.1 Å². The van der Waals surface area contributed by atoms with Gasteiger partial charge in [0.2, 0.25) is 5.75 Å². The minimum atomic E-state index is -0.276. The van der Waals surface area contributed by atoms with E-state index in [1.54, 1.807) is 38.1 Å². The summed E-state index contributed by atoms with van der Waals surface area (Å²) in [6.07, 6.45) is 1.98. The maximum absolute atomic E-state index is 13.4. The summed E-state index contributed by atoms with van der Waals surface area (Å²) in [6.45, 7) is 3.23. The summed E-state index contributed by atoms with van der Waals surface area (Å²) in [5, 5.41) is 8.30. The minimum absolute atomic E-state index is 0.276. The van der Waals surface area contributed by atoms with E-state index < -0.39 is 0 Å². The van der Waals surface area contributed by atoms with E-state index in [9.17, 15) is 4.39 Å². The third-order valence-electron chi connectivity index (χ3n) is 5.58. The predicted octanol–water partition coefficient (Wildman–Crippen LogP) is 5.30. The van der Waals surface area contributed by atoms with Crippen LogP contribution in [0.15, 0.2) is 66.9 Å². The fourth-order valence-electron chi connectivity index (χ4n) is 3.80. The van der Waals surface area contributed by atoms with Crippen LogP contribution in [0.4, 0.5) is 4.39 Å². The van der Waals surface area contributed by atoms with Crippen LogP contribution in [0, 0.1) is 12.7 Å². The molecule has 0 amide bonds. The van der Waals surface area contributed by atoms with E-state index in [2.05, 4.69) is 36.5 Å². The van der Waals surface area contributed by atoms with Gasteiger partial charge in [-0.1, -0.05) is 29.8 Å². The molecule has 0 saturated heterocycles. The van der Waals surface area contributed by atoms with Gasteiger partial charge in [-0.05, 0) is 48.9 Å². The van der Waals surface area contributed by atoms with Crippen molar-refractivity contribution in [1.29, 1.82) is 0 Å². The maximum atomic E-state index is 13.4. The van der Waals surface area contributed by atoms with Crippen molar-refractivity contribution >= 4 is 0 Å². The second kappa shape index (κ2) is 10.4. The number of rotatable bonds is 9. The highest BCUT2D eigenvalue weighted by atomic mass is 19.1. The van der Waals surface area contributed by atoms with E-state index in [-0.39, 0.29) is 5.82 Å². The van der Waals surface area contributed by atoms with Crippen molar-refractivity contribution in [3.05, 3.63) is 89.4 Å². The number of aryl methyl sites for hydroxylation is 1. The highest BCUT2D eigenvalue weighted by Gasteiger charge is 2.15. The summed E-state index contributed by atoms with van der Waals surface area (Å²) in [6, 6.07) is 18.4. The molecule has 0 bridgehead atoms. The first-order chi connectivity index (χ1) is 16.5. The van der Waals surface area contributed by atoms with Gasteiger partial charge < -0.3 is 19.5 Å². The standard InChI is InChI=1S/C27H28FN3O3/c1-18-5-7-20(8-6-18)26-21(17-31(30-26)23-11-9-22(28)10-12-23)16-29-15-19-13-24(32-2)27(34-4)25(14-19)33-3/h5-14,17,29H,15-16H2,1-4H3. The summed E-state index contributed by atoms with van der Waals surface area (Å²) in [5.41, 5.74) is 5.91. The van der Waals surface area contributed by atoms with Crippen molar-refractivity contribution < 1.29 is 18.6 Å². The van der Waals surface area contributed by atoms with E-state index in [0.29, 0.717) is 30.3 Å². The van der Waals surface area contributed by atoms with Crippen molar-refractivity contribution in [2.75, 3.05) is 21.3 Å². The van der Waals surface area contributed by atoms with Crippen LogP contribution in [0.2, 0.25) is 0 Å². The lowest BCUT2D eigenvalue weighted by Crippen LogP contribution is -2.13. The van der Waals surface area contributed by atoms with Gasteiger partial charge in [0.1, 0.15) is 5.82 Å². The van der Waals surface area contributed by atoms with Gasteiger partial charge in [0.25, 0.3) is 0 Å². The zero-order valence-electron chi connectivity index (χ0n) is 19.8. The molecule has 1 N–H and O–H groups in total. The van der Waals surface area contributed by atoms with Gasteiger partial charge >= 0.3 is 0 Å². The molecule has 1 heterocycles. The number of benzene rings is 3. The summed E-state index contributed by atoms with van der Waals surface area (Å²) in [7, 11) is 4.79. The largest absolute Gasteiger partial charge is 0.493 e. The van der Waals surface area contributed by atoms with Crippen molar-refractivity contribution in [2.24, 2.45) is 0 Å². The lowest BCUT2D eigenvalue weighted by Gasteiger charge is -2.14. The third kappa shape index (κ3) is 5.05. The number of nitrogens with one attached hydrogen (secondary N) is 1. The second-order valence-corrected chi connectivity index (χ2v) is 7.93. The van der Waals surface area contributed by atoms with Crippen molar-refractivity contribution in [3.8, 4) is 34.2 Å². The zero-order chi connectivity index (χ0) is 24.1. The number of hydrogen-bond donors (Lipinski definition) is 1. The van der Waals surface area contributed by atoms with Gasteiger partial charge in [-0.3, -0.25) is 0 Å². The van der Waals surface area contributed by atoms with Crippen LogP contribution in [-0.4, -0.2) is 31.1 Å². The van der Waals surface area contributed by atoms with E-state index >= 15 is 0 Å². The van der Waals surface area contributed by atoms with Crippen LogP contribution in [-0.2, 0) is 13.1 Å². The first-order valence-corrected chi connectivity index (χ1v) is 10.9. The fraction of sp³-hybridized carbons (Fsp3) is 0.222. The van der Waals surface area contributed by atoms with Crippen LogP contribution in [0.1, 0.15) is 16.7 Å². The Hall–Kier alpha value is -3.84. The Kier molecular flexibility index (Phi) is 7.13. The zero-order valence-corrected chi connectivity index (χ0v) is 19.8. The van der Waals surface area contributed by atoms with Crippen LogP contribution in [0.5, 0.6) is 17.2 Å². The number of halogens is 1. The Bertz CT molecular complexity index is 1230. The normalized spacial score (nSPS) is 10.9. The monoisotopic (exact) mass is 461 g/mol. The van der Waals surface area contributed by atoms with Crippen LogP contribution >= 0.6 is 0 Å². The third-order valence-corrected chi connectivity index (χ3v) is 5.58. The Balaban J connectivity index is 1.59. The van der Waals surface area contributed by atoms with E-state index in [1.165, 1.54) is 17.7 Å². The fourth-order valence-corrected chi connectivity index (χ4v) is 3.80. The number of nitrogens with zero attached hydrogens (tertiary/aromatic N) is 2.